The summed E-state index contributed by atoms with van der Waals surface area (Å²) in [7, 11) is 1.91. The molecule has 3 atom stereocenters. The van der Waals surface area contributed by atoms with Gasteiger partial charge in [-0.25, -0.2) is 0 Å². The minimum absolute atomic E-state index is 0.402. The fourth-order valence-electron chi connectivity index (χ4n) is 5.05. The van der Waals surface area contributed by atoms with Crippen molar-refractivity contribution in [1.29, 1.82) is 0 Å². The summed E-state index contributed by atoms with van der Waals surface area (Å²) in [4.78, 5) is 9.61. The van der Waals surface area contributed by atoms with Crippen LogP contribution < -0.4 is 5.32 Å². The molecular formula is C20H38N4O. The van der Waals surface area contributed by atoms with Crippen molar-refractivity contribution in [3.05, 3.63) is 0 Å². The Kier molecular flexibility index (Phi) is 6.61. The van der Waals surface area contributed by atoms with E-state index in [4.69, 9.17) is 4.74 Å². The third kappa shape index (κ3) is 5.10. The van der Waals surface area contributed by atoms with Crippen LogP contribution in [0.3, 0.4) is 0 Å². The number of rotatable bonds is 5. The zero-order valence-corrected chi connectivity index (χ0v) is 16.6. The van der Waals surface area contributed by atoms with E-state index in [-0.39, 0.29) is 0 Å². The average Bonchev–Trinajstić information content (AvgIpc) is 3.20. The molecule has 0 amide bonds. The first kappa shape index (κ1) is 19.0. The summed E-state index contributed by atoms with van der Waals surface area (Å²) < 4.78 is 5.64. The number of nitrogens with one attached hydrogen (secondary N) is 1. The van der Waals surface area contributed by atoms with E-state index in [0.29, 0.717) is 5.41 Å². The topological polar surface area (TPSA) is 40.1 Å². The molecule has 3 heterocycles. The smallest absolute Gasteiger partial charge is 0.193 e. The molecule has 3 saturated heterocycles. The third-order valence-corrected chi connectivity index (χ3v) is 6.26. The zero-order valence-electron chi connectivity index (χ0n) is 16.6. The molecule has 0 aromatic rings. The zero-order chi connectivity index (χ0) is 17.7. The van der Waals surface area contributed by atoms with Crippen molar-refractivity contribution in [3.8, 4) is 0 Å². The normalized spacial score (nSPS) is 34.2. The molecule has 0 saturated carbocycles. The highest BCUT2D eigenvalue weighted by molar-refractivity contribution is 5.80. The molecule has 0 radical (unpaired) electrons. The third-order valence-electron chi connectivity index (χ3n) is 6.26. The summed E-state index contributed by atoms with van der Waals surface area (Å²) in [5.74, 6) is 2.81. The minimum atomic E-state index is 0.402. The molecule has 0 aromatic heterocycles. The van der Waals surface area contributed by atoms with Gasteiger partial charge >= 0.3 is 0 Å². The highest BCUT2D eigenvalue weighted by Gasteiger charge is 2.42. The maximum atomic E-state index is 5.64. The molecular weight excluding hydrogens is 312 g/mol. The van der Waals surface area contributed by atoms with Crippen molar-refractivity contribution in [3.63, 3.8) is 0 Å². The van der Waals surface area contributed by atoms with Gasteiger partial charge in [0, 0.05) is 51.8 Å². The van der Waals surface area contributed by atoms with Gasteiger partial charge in [0.1, 0.15) is 0 Å². The van der Waals surface area contributed by atoms with Crippen LogP contribution in [0.2, 0.25) is 0 Å². The SMILES string of the molecule is CN=C(NCCCCN1CC(C)CC(C)C1)N1CCC2(CCOC2)C1. The van der Waals surface area contributed by atoms with Crippen molar-refractivity contribution in [2.45, 2.75) is 46.0 Å². The summed E-state index contributed by atoms with van der Waals surface area (Å²) in [5, 5.41) is 3.59. The summed E-state index contributed by atoms with van der Waals surface area (Å²) >= 11 is 0. The van der Waals surface area contributed by atoms with Crippen LogP contribution in [0, 0.1) is 17.3 Å². The molecule has 0 bridgehead atoms. The molecule has 0 aromatic carbocycles. The lowest BCUT2D eigenvalue weighted by molar-refractivity contribution is 0.139. The Morgan fingerprint density at radius 3 is 2.68 bits per heavy atom. The fourth-order valence-corrected chi connectivity index (χ4v) is 5.05. The van der Waals surface area contributed by atoms with E-state index in [2.05, 4.69) is 34.0 Å². The number of nitrogens with zero attached hydrogens (tertiary/aromatic N) is 3. The predicted octanol–water partition coefficient (Wildman–Crippen LogP) is 2.43. The molecule has 3 fully saturated rings. The Morgan fingerprint density at radius 2 is 2.00 bits per heavy atom. The van der Waals surface area contributed by atoms with Gasteiger partial charge in [-0.2, -0.15) is 0 Å². The molecule has 3 aliphatic heterocycles. The highest BCUT2D eigenvalue weighted by Crippen LogP contribution is 2.38. The standard InChI is InChI=1S/C20H38N4O/c1-17-12-18(2)14-23(13-17)9-5-4-8-22-19(21-3)24-10-6-20(15-24)7-11-25-16-20/h17-18H,4-16H2,1-3H3,(H,21,22). The molecule has 3 unspecified atom stereocenters. The first-order chi connectivity index (χ1) is 12.1. The van der Waals surface area contributed by atoms with Gasteiger partial charge in [-0.1, -0.05) is 13.8 Å². The number of unbranched alkanes of at least 4 members (excludes halogenated alkanes) is 1. The first-order valence-electron chi connectivity index (χ1n) is 10.4. The minimum Gasteiger partial charge on any atom is -0.381 e. The second-order valence-electron chi connectivity index (χ2n) is 8.86. The van der Waals surface area contributed by atoms with Crippen LogP contribution in [-0.4, -0.2) is 75.3 Å². The molecule has 3 aliphatic rings. The Balaban J connectivity index is 1.32. The van der Waals surface area contributed by atoms with E-state index in [0.717, 1.165) is 50.6 Å². The summed E-state index contributed by atoms with van der Waals surface area (Å²) in [6.07, 6.45) is 6.37. The van der Waals surface area contributed by atoms with Crippen LogP contribution in [0.1, 0.15) is 46.0 Å². The molecule has 0 aliphatic carbocycles. The van der Waals surface area contributed by atoms with Gasteiger partial charge in [-0.05, 0) is 50.5 Å². The fraction of sp³-hybridized carbons (Fsp3) is 0.950. The lowest BCUT2D eigenvalue weighted by Gasteiger charge is -2.35. The average molecular weight is 351 g/mol. The lowest BCUT2D eigenvalue weighted by atomic mass is 9.87. The Bertz CT molecular complexity index is 437. The second kappa shape index (κ2) is 8.72. The quantitative estimate of drug-likeness (QED) is 0.470. The van der Waals surface area contributed by atoms with Crippen molar-refractivity contribution in [2.75, 3.05) is 59.5 Å². The van der Waals surface area contributed by atoms with Crippen LogP contribution in [0.15, 0.2) is 4.99 Å². The first-order valence-corrected chi connectivity index (χ1v) is 10.4. The van der Waals surface area contributed by atoms with Gasteiger partial charge in [-0.15, -0.1) is 0 Å². The number of hydrogen-bond donors (Lipinski definition) is 1. The maximum absolute atomic E-state index is 5.64. The molecule has 25 heavy (non-hydrogen) atoms. The summed E-state index contributed by atoms with van der Waals surface area (Å²) in [5.41, 5.74) is 0.402. The number of aliphatic imine (C=N–C) groups is 1. The van der Waals surface area contributed by atoms with Gasteiger partial charge < -0.3 is 19.9 Å². The monoisotopic (exact) mass is 350 g/mol. The highest BCUT2D eigenvalue weighted by atomic mass is 16.5. The van der Waals surface area contributed by atoms with Gasteiger partial charge in [0.15, 0.2) is 5.96 Å². The van der Waals surface area contributed by atoms with Gasteiger partial charge in [0.05, 0.1) is 6.61 Å². The largest absolute Gasteiger partial charge is 0.381 e. The number of likely N-dealkylation sites (tertiary alicyclic amines) is 2. The van der Waals surface area contributed by atoms with Crippen molar-refractivity contribution < 1.29 is 4.74 Å². The van der Waals surface area contributed by atoms with Crippen LogP contribution in [0.5, 0.6) is 0 Å². The Morgan fingerprint density at radius 1 is 1.20 bits per heavy atom. The van der Waals surface area contributed by atoms with E-state index >= 15 is 0 Å². The number of hydrogen-bond acceptors (Lipinski definition) is 3. The second-order valence-corrected chi connectivity index (χ2v) is 8.86. The van der Waals surface area contributed by atoms with Crippen LogP contribution >= 0.6 is 0 Å². The maximum Gasteiger partial charge on any atom is 0.193 e. The van der Waals surface area contributed by atoms with E-state index in [1.165, 1.54) is 51.7 Å². The van der Waals surface area contributed by atoms with Crippen LogP contribution in [0.25, 0.3) is 0 Å². The predicted molar refractivity (Wildman–Crippen MR) is 104 cm³/mol. The van der Waals surface area contributed by atoms with Crippen molar-refractivity contribution >= 4 is 5.96 Å². The van der Waals surface area contributed by atoms with E-state index in [1.807, 2.05) is 7.05 Å². The number of ether oxygens (including phenoxy) is 1. The van der Waals surface area contributed by atoms with Gasteiger partial charge in [-0.3, -0.25) is 4.99 Å². The molecule has 5 heteroatoms. The molecule has 144 valence electrons. The van der Waals surface area contributed by atoms with Crippen LogP contribution in [0.4, 0.5) is 0 Å². The van der Waals surface area contributed by atoms with Gasteiger partial charge in [0.2, 0.25) is 0 Å². The molecule has 3 rings (SSSR count). The van der Waals surface area contributed by atoms with E-state index < -0.39 is 0 Å². The van der Waals surface area contributed by atoms with E-state index in [1.54, 1.807) is 0 Å². The number of piperidine rings is 1. The Labute approximate surface area is 154 Å². The molecule has 1 N–H and O–H groups in total. The summed E-state index contributed by atoms with van der Waals surface area (Å²) in [6.45, 7) is 13.8. The Hall–Kier alpha value is -0.810. The van der Waals surface area contributed by atoms with E-state index in [9.17, 15) is 0 Å². The van der Waals surface area contributed by atoms with Crippen molar-refractivity contribution in [1.82, 2.24) is 15.1 Å². The van der Waals surface area contributed by atoms with Gasteiger partial charge in [0.25, 0.3) is 0 Å². The summed E-state index contributed by atoms with van der Waals surface area (Å²) in [6, 6.07) is 0. The lowest BCUT2D eigenvalue weighted by Crippen LogP contribution is -2.42. The van der Waals surface area contributed by atoms with Crippen LogP contribution in [-0.2, 0) is 4.74 Å². The number of guanidine groups is 1. The molecule has 5 nitrogen and oxygen atoms in total. The molecule has 1 spiro atoms. The van der Waals surface area contributed by atoms with Crippen molar-refractivity contribution in [2.24, 2.45) is 22.2 Å².